The summed E-state index contributed by atoms with van der Waals surface area (Å²) in [5.41, 5.74) is 8.54. The molecular weight excluding hydrogens is 448 g/mol. The molecule has 0 bridgehead atoms. The molecule has 5 rings (SSSR count). The van der Waals surface area contributed by atoms with E-state index in [2.05, 4.69) is 24.3 Å². The molecule has 1 fully saturated rings. The van der Waals surface area contributed by atoms with Gasteiger partial charge in [-0.2, -0.15) is 0 Å². The summed E-state index contributed by atoms with van der Waals surface area (Å²) in [4.78, 5) is 5.28. The fraction of sp³-hybridized carbons (Fsp3) is 0.393. The molecule has 1 saturated carbocycles. The Morgan fingerprint density at radius 3 is 2.38 bits per heavy atom. The van der Waals surface area contributed by atoms with Crippen molar-refractivity contribution in [1.82, 2.24) is 4.98 Å². The zero-order chi connectivity index (χ0) is 23.7. The second-order valence-corrected chi connectivity index (χ2v) is 11.1. The maximum absolute atomic E-state index is 13.9. The van der Waals surface area contributed by atoms with Crippen LogP contribution in [-0.2, 0) is 32.6 Å². The van der Waals surface area contributed by atoms with Gasteiger partial charge < -0.3 is 9.05 Å². The third kappa shape index (κ3) is 4.62. The number of pyridine rings is 1. The van der Waals surface area contributed by atoms with Crippen molar-refractivity contribution in [2.45, 2.75) is 58.0 Å². The largest absolute Gasteiger partial charge is 0.335 e. The van der Waals surface area contributed by atoms with E-state index in [-0.39, 0.29) is 12.0 Å². The Morgan fingerprint density at radius 2 is 1.71 bits per heavy atom. The minimum absolute atomic E-state index is 0.176. The highest BCUT2D eigenvalue weighted by Gasteiger charge is 2.36. The van der Waals surface area contributed by atoms with Crippen molar-refractivity contribution in [2.24, 2.45) is 0 Å². The second kappa shape index (κ2) is 9.73. The van der Waals surface area contributed by atoms with Crippen LogP contribution >= 0.6 is 7.60 Å². The highest BCUT2D eigenvalue weighted by Crippen LogP contribution is 2.56. The average Bonchev–Trinajstić information content (AvgIpc) is 3.67. The van der Waals surface area contributed by atoms with Crippen molar-refractivity contribution < 1.29 is 18.0 Å². The Balaban J connectivity index is 1.79. The quantitative estimate of drug-likeness (QED) is 0.311. The molecule has 2 aromatic carbocycles. The molecule has 0 amide bonds. The summed E-state index contributed by atoms with van der Waals surface area (Å²) >= 11 is 0. The van der Waals surface area contributed by atoms with E-state index in [9.17, 15) is 8.96 Å². The van der Waals surface area contributed by atoms with Gasteiger partial charge in [0.05, 0.1) is 25.1 Å². The van der Waals surface area contributed by atoms with Crippen LogP contribution in [0.4, 0.5) is 4.39 Å². The van der Waals surface area contributed by atoms with E-state index in [1.165, 1.54) is 23.3 Å². The predicted octanol–water partition coefficient (Wildman–Crippen LogP) is 7.69. The third-order valence-corrected chi connectivity index (χ3v) is 8.68. The monoisotopic (exact) mass is 479 g/mol. The molecule has 0 saturated heterocycles. The molecule has 34 heavy (non-hydrogen) atoms. The molecule has 4 nitrogen and oxygen atoms in total. The molecule has 0 spiro atoms. The van der Waals surface area contributed by atoms with Crippen LogP contribution in [0.25, 0.3) is 22.4 Å². The highest BCUT2D eigenvalue weighted by molar-refractivity contribution is 7.53. The van der Waals surface area contributed by atoms with Crippen molar-refractivity contribution in [2.75, 3.05) is 13.2 Å². The topological polar surface area (TPSA) is 48.4 Å². The number of benzene rings is 2. The molecule has 1 heterocycles. The van der Waals surface area contributed by atoms with Gasteiger partial charge in [0.15, 0.2) is 0 Å². The standard InChI is InChI=1S/C28H31FNO3P/c1-3-32-34(31,33-4-2)18-25-26(20-14-16-22(29)17-15-20)24-11-7-9-19-8-5-6-10-23(19)28(24)30-27(25)21-12-13-21/h5-6,8,10,14-17,21H,3-4,7,9,11-13,18H2,1-2H3. The average molecular weight is 480 g/mol. The third-order valence-electron chi connectivity index (χ3n) is 6.68. The van der Waals surface area contributed by atoms with E-state index < -0.39 is 7.60 Å². The molecular formula is C28H31FNO3P. The smallest absolute Gasteiger partial charge is 0.309 e. The lowest BCUT2D eigenvalue weighted by Crippen LogP contribution is -2.09. The van der Waals surface area contributed by atoms with Crippen molar-refractivity contribution in [3.05, 3.63) is 76.7 Å². The first-order valence-electron chi connectivity index (χ1n) is 12.3. The minimum Gasteiger partial charge on any atom is -0.309 e. The summed E-state index contributed by atoms with van der Waals surface area (Å²) in [6, 6.07) is 15.1. The fourth-order valence-corrected chi connectivity index (χ4v) is 6.86. The molecule has 178 valence electrons. The van der Waals surface area contributed by atoms with E-state index in [1.807, 2.05) is 26.0 Å². The minimum atomic E-state index is -3.36. The lowest BCUT2D eigenvalue weighted by atomic mass is 9.89. The van der Waals surface area contributed by atoms with Crippen LogP contribution < -0.4 is 0 Å². The molecule has 0 radical (unpaired) electrons. The van der Waals surface area contributed by atoms with Gasteiger partial charge in [-0.05, 0) is 85.9 Å². The summed E-state index contributed by atoms with van der Waals surface area (Å²) in [7, 11) is -3.36. The first kappa shape index (κ1) is 23.4. The summed E-state index contributed by atoms with van der Waals surface area (Å²) in [5.74, 6) is 0.0686. The van der Waals surface area contributed by atoms with E-state index >= 15 is 0 Å². The molecule has 2 aliphatic rings. The molecule has 0 atom stereocenters. The Kier molecular flexibility index (Phi) is 6.70. The van der Waals surface area contributed by atoms with Gasteiger partial charge >= 0.3 is 7.60 Å². The van der Waals surface area contributed by atoms with Gasteiger partial charge in [0.2, 0.25) is 0 Å². The van der Waals surface area contributed by atoms with E-state index in [1.54, 1.807) is 0 Å². The van der Waals surface area contributed by atoms with Crippen LogP contribution in [-0.4, -0.2) is 18.2 Å². The van der Waals surface area contributed by atoms with Gasteiger partial charge in [0.25, 0.3) is 0 Å². The number of rotatable bonds is 8. The Hall–Kier alpha value is -2.33. The maximum atomic E-state index is 13.9. The van der Waals surface area contributed by atoms with Crippen LogP contribution in [0.5, 0.6) is 0 Å². The normalized spacial score (nSPS) is 15.5. The molecule has 2 aliphatic carbocycles. The number of nitrogens with zero attached hydrogens (tertiary/aromatic N) is 1. The van der Waals surface area contributed by atoms with Crippen LogP contribution in [0.2, 0.25) is 0 Å². The lowest BCUT2D eigenvalue weighted by Gasteiger charge is -2.24. The molecule has 6 heteroatoms. The number of halogens is 1. The van der Waals surface area contributed by atoms with Gasteiger partial charge in [-0.25, -0.2) is 4.39 Å². The van der Waals surface area contributed by atoms with Crippen molar-refractivity contribution in [3.8, 4) is 22.4 Å². The number of hydrogen-bond acceptors (Lipinski definition) is 4. The van der Waals surface area contributed by atoms with Gasteiger partial charge in [-0.1, -0.05) is 36.4 Å². The fourth-order valence-electron chi connectivity index (χ4n) is 5.11. The second-order valence-electron chi connectivity index (χ2n) is 9.07. The van der Waals surface area contributed by atoms with Gasteiger partial charge in [-0.3, -0.25) is 9.55 Å². The maximum Gasteiger partial charge on any atom is 0.335 e. The van der Waals surface area contributed by atoms with Crippen LogP contribution in [0, 0.1) is 5.82 Å². The Morgan fingerprint density at radius 1 is 1.00 bits per heavy atom. The zero-order valence-corrected chi connectivity index (χ0v) is 20.7. The molecule has 0 N–H and O–H groups in total. The number of aromatic nitrogens is 1. The van der Waals surface area contributed by atoms with Gasteiger partial charge in [0.1, 0.15) is 5.82 Å². The number of aryl methyl sites for hydroxylation is 1. The SMILES string of the molecule is CCOP(=O)(Cc1c(C2CC2)nc2c(c1-c1ccc(F)cc1)CCCc1ccccc1-2)OCC. The summed E-state index contributed by atoms with van der Waals surface area (Å²) in [6.07, 6.45) is 5.15. The first-order chi connectivity index (χ1) is 16.5. The number of fused-ring (bicyclic) bond motifs is 3. The summed E-state index contributed by atoms with van der Waals surface area (Å²) in [6.45, 7) is 4.29. The van der Waals surface area contributed by atoms with Crippen molar-refractivity contribution in [1.29, 1.82) is 0 Å². The molecule has 3 aromatic rings. The first-order valence-corrected chi connectivity index (χ1v) is 14.0. The van der Waals surface area contributed by atoms with Crippen LogP contribution in [0.15, 0.2) is 48.5 Å². The highest BCUT2D eigenvalue weighted by atomic mass is 31.2. The van der Waals surface area contributed by atoms with Gasteiger partial charge in [0, 0.05) is 17.2 Å². The van der Waals surface area contributed by atoms with Crippen molar-refractivity contribution in [3.63, 3.8) is 0 Å². The van der Waals surface area contributed by atoms with Gasteiger partial charge in [-0.15, -0.1) is 0 Å². The lowest BCUT2D eigenvalue weighted by molar-refractivity contribution is 0.219. The van der Waals surface area contributed by atoms with Crippen LogP contribution in [0.3, 0.4) is 0 Å². The Labute approximate surface area is 201 Å². The van der Waals surface area contributed by atoms with E-state index in [4.69, 9.17) is 14.0 Å². The van der Waals surface area contributed by atoms with E-state index in [0.29, 0.717) is 19.1 Å². The Bertz CT molecular complexity index is 1230. The van der Waals surface area contributed by atoms with E-state index in [0.717, 1.165) is 65.7 Å². The number of hydrogen-bond donors (Lipinski definition) is 0. The zero-order valence-electron chi connectivity index (χ0n) is 19.9. The summed E-state index contributed by atoms with van der Waals surface area (Å²) < 4.78 is 39.0. The molecule has 0 unspecified atom stereocenters. The predicted molar refractivity (Wildman–Crippen MR) is 134 cm³/mol. The van der Waals surface area contributed by atoms with Crippen LogP contribution in [0.1, 0.15) is 61.4 Å². The molecule has 0 aliphatic heterocycles. The molecule has 1 aromatic heterocycles. The summed E-state index contributed by atoms with van der Waals surface area (Å²) in [5, 5.41) is 0. The van der Waals surface area contributed by atoms with Crippen molar-refractivity contribution >= 4 is 7.60 Å².